The van der Waals surface area contributed by atoms with Gasteiger partial charge in [0, 0.05) is 235 Å². The predicted octanol–water partition coefficient (Wildman–Crippen LogP) is 21.3. The highest BCUT2D eigenvalue weighted by atomic mass is 16.5. The second kappa shape index (κ2) is 40.4. The fraction of sp³-hybridized carbons (Fsp3) is 0.316. The smallest absolute Gasteiger partial charge is 0.275 e. The second-order valence-electron chi connectivity index (χ2n) is 34.9. The minimum atomic E-state index is -1.21. The number of amides is 3. The van der Waals surface area contributed by atoms with Crippen LogP contribution in [0.5, 0.6) is 69.0 Å². The summed E-state index contributed by atoms with van der Waals surface area (Å²) >= 11 is 0. The number of hydrogen-bond donors (Lipinski definition) is 0. The molecule has 0 saturated heterocycles. The van der Waals surface area contributed by atoms with E-state index in [9.17, 15) is 0 Å². The zero-order chi connectivity index (χ0) is 97.0. The largest absolute Gasteiger partial charge is 0.493 e. The van der Waals surface area contributed by atoms with Crippen molar-refractivity contribution >= 4 is 70.5 Å². The Bertz CT molecular complexity index is 5880. The number of anilines is 6. The van der Waals surface area contributed by atoms with E-state index in [0.29, 0.717) is 122 Å². The lowest BCUT2D eigenvalue weighted by molar-refractivity contribution is 0.0667. The number of rotatable bonds is 39. The van der Waals surface area contributed by atoms with Gasteiger partial charge >= 0.3 is 0 Å². The van der Waals surface area contributed by atoms with Crippen molar-refractivity contribution < 1.29 is 57.0 Å². The first kappa shape index (κ1) is 94.4. The quantitative estimate of drug-likeness (QED) is 0.0329. The minimum absolute atomic E-state index is 0.212. The van der Waals surface area contributed by atoms with E-state index in [-0.39, 0.29) is 37.5 Å². The van der Waals surface area contributed by atoms with Gasteiger partial charge in [-0.1, -0.05) is 91.0 Å². The van der Waals surface area contributed by atoms with Crippen LogP contribution in [0.15, 0.2) is 252 Å². The van der Waals surface area contributed by atoms with E-state index in [1.165, 1.54) is 0 Å². The Morgan fingerprint density at radius 3 is 0.691 bits per heavy atom. The van der Waals surface area contributed by atoms with Crippen molar-refractivity contribution in [3.8, 4) is 69.0 Å². The number of carbonyl (C=O) groups is 3. The van der Waals surface area contributed by atoms with Gasteiger partial charge in [0.1, 0.15) is 70.9 Å². The highest BCUT2D eigenvalue weighted by Crippen LogP contribution is 2.63. The molecule has 0 N–H and O–H groups in total. The maximum Gasteiger partial charge on any atom is 0.275 e. The summed E-state index contributed by atoms with van der Waals surface area (Å²) in [6.07, 6.45) is 5.12. The maximum atomic E-state index is 15.3. The average Bonchev–Trinajstić information content (AvgIpc) is 1.58. The van der Waals surface area contributed by atoms with Crippen molar-refractivity contribution in [2.45, 2.75) is 99.7 Å². The van der Waals surface area contributed by atoms with Gasteiger partial charge in [0.05, 0.1) is 40.0 Å². The summed E-state index contributed by atoms with van der Waals surface area (Å²) < 4.78 is 59.5. The van der Waals surface area contributed by atoms with Gasteiger partial charge in [0.25, 0.3) is 17.7 Å². The fourth-order valence-corrected chi connectivity index (χ4v) is 21.2. The van der Waals surface area contributed by atoms with Crippen LogP contribution in [0.2, 0.25) is 0 Å². The van der Waals surface area contributed by atoms with E-state index >= 15 is 14.4 Å². The van der Waals surface area contributed by atoms with Gasteiger partial charge in [0.15, 0.2) is 34.5 Å². The second-order valence-corrected chi connectivity index (χ2v) is 34.9. The van der Waals surface area contributed by atoms with Crippen LogP contribution in [0.3, 0.4) is 0 Å². The number of hydrazone groups is 3. The van der Waals surface area contributed by atoms with E-state index in [4.69, 9.17) is 57.9 Å². The highest BCUT2D eigenvalue weighted by Gasteiger charge is 2.61. The van der Waals surface area contributed by atoms with Crippen LogP contribution < -0.4 is 72.0 Å². The summed E-state index contributed by atoms with van der Waals surface area (Å²) in [5.41, 5.74) is 13.3. The summed E-state index contributed by atoms with van der Waals surface area (Å²) in [6.45, 7) is 37.2. The normalized spacial score (nSPS) is 14.4. The molecule has 0 bridgehead atoms. The lowest BCUT2D eigenvalue weighted by atomic mass is 9.75. The number of nitrogens with zero attached hydrogens (tertiary/aromatic N) is 13. The molecule has 12 aromatic carbocycles. The van der Waals surface area contributed by atoms with Crippen LogP contribution in [0, 0.1) is 0 Å². The van der Waals surface area contributed by atoms with E-state index < -0.39 is 16.6 Å². The summed E-state index contributed by atoms with van der Waals surface area (Å²) in [5.74, 6) is 5.97. The van der Waals surface area contributed by atoms with Crippen LogP contribution in [0.25, 0.3) is 0 Å². The lowest BCUT2D eigenvalue weighted by Gasteiger charge is -2.42. The van der Waals surface area contributed by atoms with Crippen LogP contribution in [-0.2, 0) is 16.6 Å². The van der Waals surface area contributed by atoms with Crippen LogP contribution >= 0.6 is 0 Å². The maximum absolute atomic E-state index is 15.3. The third-order valence-electron chi connectivity index (χ3n) is 28.3. The molecule has 3 spiro atoms. The standard InChI is InChI=1S/C114H123N13O12/c1-16-119(17-2)79-43-49-91-100(67-79)137-101-68-80(120(18-3)19-4)44-50-92(101)112(91)88-37-31-28-34-85(88)109(128)125(112)115-73-76-40-55-97(106(64-76)131-13)134-61-58-118(59-62-135-98-56-41-77(65-107(98)132-14)74-116-126-110(129)86-35-29-32-38-89(86)113(126)93-51-45-81(121(20-5)21-6)69-102(93)138-103-70-82(46-52-94(103)113)122(22-7)23-8)60-63-136-99-57-42-78(66-108(99)133-15)75-117-127-111(130)87-36-30-33-39-90(87)114(127)95-53-47-83(123(24-9)25-10)71-104(95)139-105-72-84(48-54-96(105)114)124(26-11)27-12/h28-57,64-75H,16-27,58-63H2,1-15H3/b115-73+,116-74+,117-75+. The van der Waals surface area contributed by atoms with Crippen LogP contribution in [-0.4, -0.2) is 196 Å². The van der Waals surface area contributed by atoms with E-state index in [1.807, 2.05) is 127 Å². The molecule has 6 heterocycles. The lowest BCUT2D eigenvalue weighted by Crippen LogP contribution is -2.44. The Kier molecular flexibility index (Phi) is 27.4. The zero-order valence-corrected chi connectivity index (χ0v) is 82.2. The number of hydrogen-bond acceptors (Lipinski definition) is 22. The predicted molar refractivity (Wildman–Crippen MR) is 552 cm³/mol. The number of methoxy groups -OCH3 is 3. The number of fused-ring (bicyclic) bond motifs is 18. The molecule has 716 valence electrons. The van der Waals surface area contributed by atoms with Gasteiger partial charge in [-0.25, -0.2) is 15.0 Å². The Hall–Kier alpha value is -15.0. The van der Waals surface area contributed by atoms with Gasteiger partial charge < -0.3 is 72.0 Å². The van der Waals surface area contributed by atoms with Crippen molar-refractivity contribution in [1.82, 2.24) is 19.9 Å². The zero-order valence-electron chi connectivity index (χ0n) is 82.2. The van der Waals surface area contributed by atoms with Crippen molar-refractivity contribution in [3.63, 3.8) is 0 Å². The minimum Gasteiger partial charge on any atom is -0.493 e. The first-order valence-corrected chi connectivity index (χ1v) is 48.9. The molecule has 0 aromatic heterocycles. The van der Waals surface area contributed by atoms with Gasteiger partial charge in [-0.15, -0.1) is 0 Å². The van der Waals surface area contributed by atoms with Crippen LogP contribution in [0.4, 0.5) is 34.1 Å². The molecule has 18 rings (SSSR count). The van der Waals surface area contributed by atoms with Crippen molar-refractivity contribution in [2.75, 3.05) is 169 Å². The van der Waals surface area contributed by atoms with Gasteiger partial charge in [-0.3, -0.25) is 19.3 Å². The Morgan fingerprint density at radius 2 is 0.482 bits per heavy atom. The van der Waals surface area contributed by atoms with Crippen LogP contribution in [0.1, 0.15) is 181 Å². The molecular weight excluding hydrogens is 1740 g/mol. The SMILES string of the molecule is CCN(CC)c1ccc2c(c1)Oc1cc(N(CC)CC)ccc1C21c2ccccc2C(=O)N1/N=C/c1ccc(OCCN(CCOc2ccc(/C=N/N3C(=O)c4ccccc4C34c3ccc(N(CC)CC)cc3Oc3cc(N(CC)CC)ccc34)cc2OC)CCOc2ccc(/C=N/N3C(=O)c4ccccc4C34c3ccc(N(CC)CC)cc3Oc3cc(N(CC)CC)ccc34)cc2OC)c(OC)c1. The topological polar surface area (TPSA) is 204 Å². The molecule has 0 aliphatic carbocycles. The molecule has 25 nitrogen and oxygen atoms in total. The average molecular weight is 1870 g/mol. The van der Waals surface area contributed by atoms with Gasteiger partial charge in [0.2, 0.25) is 0 Å². The third-order valence-corrected chi connectivity index (χ3v) is 28.3. The van der Waals surface area contributed by atoms with Crippen molar-refractivity contribution in [3.05, 3.63) is 320 Å². The Balaban J connectivity index is 0.630. The molecule has 0 atom stereocenters. The molecule has 0 fully saturated rings. The van der Waals surface area contributed by atoms with E-state index in [1.54, 1.807) is 55.0 Å². The first-order valence-electron chi connectivity index (χ1n) is 48.9. The summed E-state index contributed by atoms with van der Waals surface area (Å²) in [5, 5.41) is 20.5. The summed E-state index contributed by atoms with van der Waals surface area (Å²) in [4.78, 5) is 61.8. The monoisotopic (exact) mass is 1870 g/mol. The molecular formula is C114H123N13O12. The molecule has 6 aliphatic rings. The third kappa shape index (κ3) is 16.5. The van der Waals surface area contributed by atoms with Gasteiger partial charge in [-0.05, 0) is 209 Å². The molecule has 12 aromatic rings. The van der Waals surface area contributed by atoms with Crippen molar-refractivity contribution in [1.29, 1.82) is 0 Å². The molecule has 0 saturated carbocycles. The Morgan fingerprint density at radius 1 is 0.266 bits per heavy atom. The summed E-state index contributed by atoms with van der Waals surface area (Å²) in [6, 6.07) is 78.0. The molecule has 139 heavy (non-hydrogen) atoms. The van der Waals surface area contributed by atoms with Gasteiger partial charge in [-0.2, -0.15) is 15.3 Å². The number of benzene rings is 12. The summed E-state index contributed by atoms with van der Waals surface area (Å²) in [7, 11) is 4.81. The Labute approximate surface area is 815 Å². The molecule has 6 aliphatic heterocycles. The number of carbonyl (C=O) groups excluding carboxylic acids is 3. The van der Waals surface area contributed by atoms with E-state index in [2.05, 4.69) is 227 Å². The fourth-order valence-electron chi connectivity index (χ4n) is 21.2. The molecule has 0 radical (unpaired) electrons. The molecule has 25 heteroatoms. The first-order chi connectivity index (χ1) is 67.9. The van der Waals surface area contributed by atoms with Crippen molar-refractivity contribution in [2.24, 2.45) is 15.3 Å². The molecule has 0 unspecified atom stereocenters. The van der Waals surface area contributed by atoms with E-state index in [0.717, 1.165) is 163 Å². The number of ether oxygens (including phenoxy) is 9. The highest BCUT2D eigenvalue weighted by molar-refractivity contribution is 6.06. The molecule has 3 amide bonds.